The Morgan fingerprint density at radius 1 is 1.15 bits per heavy atom. The van der Waals surface area contributed by atoms with Crippen molar-refractivity contribution in [2.24, 2.45) is 10.7 Å². The van der Waals surface area contributed by atoms with Crippen molar-refractivity contribution in [3.8, 4) is 5.75 Å². The molecule has 2 aromatic rings. The third kappa shape index (κ3) is 5.09. The number of thioether (sulfide) groups is 1. The van der Waals surface area contributed by atoms with E-state index < -0.39 is 17.9 Å². The highest BCUT2D eigenvalue weighted by Crippen LogP contribution is 2.40. The first-order chi connectivity index (χ1) is 15.9. The summed E-state index contributed by atoms with van der Waals surface area (Å²) >= 11 is 1.48. The van der Waals surface area contributed by atoms with Crippen molar-refractivity contribution in [1.29, 1.82) is 0 Å². The molecule has 170 valence electrons. The van der Waals surface area contributed by atoms with Crippen molar-refractivity contribution >= 4 is 34.7 Å². The number of benzene rings is 2. The number of carbonyl (C=O) groups excluding carboxylic acids is 3. The summed E-state index contributed by atoms with van der Waals surface area (Å²) in [5, 5.41) is 0.572. The SMILES string of the molecule is CC1=C(C(=O)OCc2ccccc2)C(c2ccc(OCC(N)=O)cc2)N2C(=O)CCSC2=N1. The minimum absolute atomic E-state index is 0.104. The minimum atomic E-state index is -0.675. The molecule has 1 fully saturated rings. The monoisotopic (exact) mass is 465 g/mol. The fourth-order valence-electron chi connectivity index (χ4n) is 3.67. The standard InChI is InChI=1S/C24H23N3O5S/c1-15-21(23(30)32-13-16-5-3-2-4-6-16)22(27-20(29)11-12-33-24(27)26-15)17-7-9-18(10-8-17)31-14-19(25)28/h2-10,22H,11-14H2,1H3,(H2,25,28). The Morgan fingerprint density at radius 3 is 2.58 bits per heavy atom. The molecule has 1 saturated heterocycles. The number of nitrogens with two attached hydrogens (primary N) is 1. The van der Waals surface area contributed by atoms with Crippen LogP contribution in [0, 0.1) is 0 Å². The van der Waals surface area contributed by atoms with E-state index in [0.29, 0.717) is 39.9 Å². The van der Waals surface area contributed by atoms with Crippen molar-refractivity contribution in [2.45, 2.75) is 26.0 Å². The zero-order chi connectivity index (χ0) is 23.4. The molecule has 0 bridgehead atoms. The van der Waals surface area contributed by atoms with Crippen molar-refractivity contribution in [2.75, 3.05) is 12.4 Å². The average Bonchev–Trinajstić information content (AvgIpc) is 2.81. The molecular weight excluding hydrogens is 442 g/mol. The number of carbonyl (C=O) groups is 3. The van der Waals surface area contributed by atoms with Crippen LogP contribution < -0.4 is 10.5 Å². The summed E-state index contributed by atoms with van der Waals surface area (Å²) in [6.45, 7) is 1.62. The molecule has 1 atom stereocenters. The number of rotatable bonds is 7. The number of nitrogens with zero attached hydrogens (tertiary/aromatic N) is 2. The van der Waals surface area contributed by atoms with Gasteiger partial charge >= 0.3 is 5.97 Å². The van der Waals surface area contributed by atoms with Gasteiger partial charge in [0.15, 0.2) is 11.8 Å². The number of amides is 2. The van der Waals surface area contributed by atoms with E-state index in [1.165, 1.54) is 11.8 Å². The number of allylic oxidation sites excluding steroid dienone is 1. The Hall–Kier alpha value is -3.59. The molecule has 0 aliphatic carbocycles. The molecule has 1 unspecified atom stereocenters. The first-order valence-corrected chi connectivity index (χ1v) is 11.4. The lowest BCUT2D eigenvalue weighted by molar-refractivity contribution is -0.141. The minimum Gasteiger partial charge on any atom is -0.484 e. The molecule has 0 radical (unpaired) electrons. The van der Waals surface area contributed by atoms with E-state index >= 15 is 0 Å². The summed E-state index contributed by atoms with van der Waals surface area (Å²) in [5.74, 6) is -0.114. The lowest BCUT2D eigenvalue weighted by Crippen LogP contribution is -2.45. The van der Waals surface area contributed by atoms with Gasteiger partial charge < -0.3 is 15.2 Å². The van der Waals surface area contributed by atoms with Crippen LogP contribution >= 0.6 is 11.8 Å². The zero-order valence-electron chi connectivity index (χ0n) is 18.0. The van der Waals surface area contributed by atoms with E-state index in [1.807, 2.05) is 30.3 Å². The molecule has 2 aromatic carbocycles. The van der Waals surface area contributed by atoms with E-state index in [0.717, 1.165) is 5.56 Å². The zero-order valence-corrected chi connectivity index (χ0v) is 18.8. The molecule has 33 heavy (non-hydrogen) atoms. The average molecular weight is 466 g/mol. The molecule has 9 heteroatoms. The number of ether oxygens (including phenoxy) is 2. The first kappa shape index (κ1) is 22.6. The number of hydrogen-bond acceptors (Lipinski definition) is 7. The van der Waals surface area contributed by atoms with Gasteiger partial charge in [0, 0.05) is 12.2 Å². The van der Waals surface area contributed by atoms with Crippen LogP contribution in [0.3, 0.4) is 0 Å². The van der Waals surface area contributed by atoms with Gasteiger partial charge in [0.2, 0.25) is 5.91 Å². The number of amidine groups is 1. The molecule has 0 saturated carbocycles. The number of fused-ring (bicyclic) bond motifs is 1. The summed E-state index contributed by atoms with van der Waals surface area (Å²) in [4.78, 5) is 43.2. The Balaban J connectivity index is 1.65. The smallest absolute Gasteiger partial charge is 0.338 e. The van der Waals surface area contributed by atoms with Crippen LogP contribution in [-0.2, 0) is 25.7 Å². The summed E-state index contributed by atoms with van der Waals surface area (Å²) < 4.78 is 10.9. The first-order valence-electron chi connectivity index (χ1n) is 10.4. The van der Waals surface area contributed by atoms with Crippen molar-refractivity contribution in [1.82, 2.24) is 4.90 Å². The fraction of sp³-hybridized carbons (Fsp3) is 0.250. The molecule has 4 rings (SSSR count). The normalized spacial score (nSPS) is 17.8. The van der Waals surface area contributed by atoms with E-state index in [9.17, 15) is 14.4 Å². The van der Waals surface area contributed by atoms with Gasteiger partial charge in [-0.1, -0.05) is 54.2 Å². The fourth-order valence-corrected chi connectivity index (χ4v) is 4.68. The molecular formula is C24H23N3O5S. The Bertz CT molecular complexity index is 1130. The van der Waals surface area contributed by atoms with Gasteiger partial charge in [-0.3, -0.25) is 14.5 Å². The largest absolute Gasteiger partial charge is 0.484 e. The maximum atomic E-state index is 13.2. The predicted octanol–water partition coefficient (Wildman–Crippen LogP) is 2.94. The van der Waals surface area contributed by atoms with Crippen LogP contribution in [0.5, 0.6) is 5.75 Å². The predicted molar refractivity (Wildman–Crippen MR) is 124 cm³/mol. The van der Waals surface area contributed by atoms with Crippen LogP contribution in [0.25, 0.3) is 0 Å². The van der Waals surface area contributed by atoms with E-state index in [4.69, 9.17) is 15.2 Å². The van der Waals surface area contributed by atoms with E-state index in [-0.39, 0.29) is 19.1 Å². The van der Waals surface area contributed by atoms with Crippen LogP contribution in [0.2, 0.25) is 0 Å². The summed E-state index contributed by atoms with van der Waals surface area (Å²) in [7, 11) is 0. The highest BCUT2D eigenvalue weighted by atomic mass is 32.2. The van der Waals surface area contributed by atoms with Gasteiger partial charge in [-0.2, -0.15) is 0 Å². The third-order valence-corrected chi connectivity index (χ3v) is 6.17. The summed E-state index contributed by atoms with van der Waals surface area (Å²) in [5.41, 5.74) is 7.53. The molecule has 0 spiro atoms. The van der Waals surface area contributed by atoms with Crippen molar-refractivity contribution < 1.29 is 23.9 Å². The number of hydrogen-bond donors (Lipinski definition) is 1. The maximum Gasteiger partial charge on any atom is 0.338 e. The number of esters is 1. The van der Waals surface area contributed by atoms with Gasteiger partial charge in [-0.15, -0.1) is 0 Å². The van der Waals surface area contributed by atoms with E-state index in [2.05, 4.69) is 4.99 Å². The van der Waals surface area contributed by atoms with Crippen LogP contribution in [-0.4, -0.2) is 40.2 Å². The van der Waals surface area contributed by atoms with Gasteiger partial charge in [0.05, 0.1) is 17.3 Å². The second-order valence-electron chi connectivity index (χ2n) is 7.54. The van der Waals surface area contributed by atoms with Gasteiger partial charge in [0.1, 0.15) is 12.4 Å². The Morgan fingerprint density at radius 2 is 1.88 bits per heavy atom. The Kier molecular flexibility index (Phi) is 6.79. The molecule has 2 heterocycles. The summed E-state index contributed by atoms with van der Waals surface area (Å²) in [6.07, 6.45) is 0.353. The molecule has 0 aromatic heterocycles. The van der Waals surface area contributed by atoms with Crippen molar-refractivity contribution in [3.63, 3.8) is 0 Å². The van der Waals surface area contributed by atoms with Crippen LogP contribution in [0.15, 0.2) is 70.9 Å². The number of aliphatic imine (C=N–C) groups is 1. The van der Waals surface area contributed by atoms with Gasteiger partial charge in [-0.25, -0.2) is 9.79 Å². The highest BCUT2D eigenvalue weighted by molar-refractivity contribution is 8.14. The topological polar surface area (TPSA) is 111 Å². The molecule has 2 amide bonds. The van der Waals surface area contributed by atoms with Crippen LogP contribution in [0.1, 0.15) is 30.5 Å². The second-order valence-corrected chi connectivity index (χ2v) is 8.61. The van der Waals surface area contributed by atoms with Gasteiger partial charge in [-0.05, 0) is 30.2 Å². The molecule has 2 aliphatic heterocycles. The highest BCUT2D eigenvalue weighted by Gasteiger charge is 2.41. The second kappa shape index (κ2) is 9.91. The quantitative estimate of drug-likeness (QED) is 0.630. The molecule has 2 aliphatic rings. The van der Waals surface area contributed by atoms with Crippen molar-refractivity contribution in [3.05, 3.63) is 77.0 Å². The molecule has 2 N–H and O–H groups in total. The van der Waals surface area contributed by atoms with Gasteiger partial charge in [0.25, 0.3) is 5.91 Å². The third-order valence-electron chi connectivity index (χ3n) is 5.22. The number of primary amides is 1. The lowest BCUT2D eigenvalue weighted by Gasteiger charge is -2.38. The maximum absolute atomic E-state index is 13.2. The molecule has 8 nitrogen and oxygen atoms in total. The Labute approximate surface area is 195 Å². The van der Waals surface area contributed by atoms with Crippen LogP contribution in [0.4, 0.5) is 0 Å². The summed E-state index contributed by atoms with van der Waals surface area (Å²) in [6, 6.07) is 15.6. The van der Waals surface area contributed by atoms with E-state index in [1.54, 1.807) is 36.1 Å². The lowest BCUT2D eigenvalue weighted by atomic mass is 9.94.